The average Bonchev–Trinajstić information content (AvgIpc) is 2.82. The highest BCUT2D eigenvalue weighted by atomic mass is 127. The minimum Gasteiger partial charge on any atom is -0.336 e. The van der Waals surface area contributed by atoms with Gasteiger partial charge in [0.05, 0.1) is 12.0 Å². The fraction of sp³-hybridized carbons (Fsp3) is 0.182. The van der Waals surface area contributed by atoms with Crippen LogP contribution in [-0.4, -0.2) is 18.0 Å². The van der Waals surface area contributed by atoms with E-state index in [1.165, 1.54) is 30.7 Å². The van der Waals surface area contributed by atoms with E-state index in [-0.39, 0.29) is 5.03 Å². The zero-order valence-corrected chi connectivity index (χ0v) is 12.9. The minimum atomic E-state index is -3.75. The molecule has 0 aliphatic rings. The van der Waals surface area contributed by atoms with Gasteiger partial charge in [0, 0.05) is 16.3 Å². The van der Waals surface area contributed by atoms with Crippen molar-refractivity contribution in [3.8, 4) is 0 Å². The summed E-state index contributed by atoms with van der Waals surface area (Å²) in [5, 5.41) is -0.0607. The van der Waals surface area contributed by atoms with Crippen molar-refractivity contribution in [2.45, 2.75) is 18.5 Å². The molecule has 0 saturated carbocycles. The molecule has 0 aliphatic carbocycles. The number of benzene rings is 1. The van der Waals surface area contributed by atoms with E-state index in [0.29, 0.717) is 15.8 Å². The molecule has 8 heteroatoms. The summed E-state index contributed by atoms with van der Waals surface area (Å²) in [5.74, 6) is -0.414. The van der Waals surface area contributed by atoms with Gasteiger partial charge in [-0.15, -0.1) is 0 Å². The van der Waals surface area contributed by atoms with Gasteiger partial charge in [-0.1, -0.05) is 0 Å². The number of nitrogens with one attached hydrogen (secondary N) is 1. The van der Waals surface area contributed by atoms with Crippen LogP contribution in [0.25, 0.3) is 0 Å². The van der Waals surface area contributed by atoms with Crippen LogP contribution in [0.5, 0.6) is 0 Å². The highest BCUT2D eigenvalue weighted by Gasteiger charge is 2.18. The van der Waals surface area contributed by atoms with Gasteiger partial charge in [0.2, 0.25) is 0 Å². The number of halogens is 2. The molecule has 0 amide bonds. The monoisotopic (exact) mass is 395 g/mol. The molecule has 1 N–H and O–H groups in total. The Morgan fingerprint density at radius 2 is 2.21 bits per heavy atom. The average molecular weight is 395 g/mol. The van der Waals surface area contributed by atoms with Crippen LogP contribution in [0, 0.1) is 9.39 Å². The summed E-state index contributed by atoms with van der Waals surface area (Å²) >= 11 is 1.87. The summed E-state index contributed by atoms with van der Waals surface area (Å²) in [7, 11) is -3.75. The topological polar surface area (TPSA) is 64.0 Å². The fourth-order valence-corrected chi connectivity index (χ4v) is 3.25. The molecule has 0 aliphatic heterocycles. The molecule has 0 fully saturated rings. The molecule has 0 atom stereocenters. The predicted molar refractivity (Wildman–Crippen MR) is 77.8 cm³/mol. The van der Waals surface area contributed by atoms with E-state index >= 15 is 0 Å². The van der Waals surface area contributed by atoms with Crippen LogP contribution in [0.15, 0.2) is 35.7 Å². The minimum absolute atomic E-state index is 0.0607. The lowest BCUT2D eigenvalue weighted by molar-refractivity contribution is 0.597. The molecule has 102 valence electrons. The van der Waals surface area contributed by atoms with E-state index in [1.807, 2.05) is 29.5 Å². The Kier molecular flexibility index (Phi) is 4.09. The van der Waals surface area contributed by atoms with Crippen molar-refractivity contribution in [1.29, 1.82) is 0 Å². The van der Waals surface area contributed by atoms with Gasteiger partial charge in [0.25, 0.3) is 10.0 Å². The first-order valence-electron chi connectivity index (χ1n) is 5.42. The molecule has 1 aromatic carbocycles. The quantitative estimate of drug-likeness (QED) is 0.810. The Hall–Kier alpha value is -1.16. The first-order valence-corrected chi connectivity index (χ1v) is 7.98. The summed E-state index contributed by atoms with van der Waals surface area (Å²) in [4.78, 5) is 3.84. The Labute approximate surface area is 124 Å². The van der Waals surface area contributed by atoms with Crippen LogP contribution in [0.4, 0.5) is 10.1 Å². The highest BCUT2D eigenvalue weighted by Crippen LogP contribution is 2.22. The fourth-order valence-electron chi connectivity index (χ4n) is 1.42. The van der Waals surface area contributed by atoms with Crippen molar-refractivity contribution in [3.05, 3.63) is 40.1 Å². The molecule has 0 unspecified atom stereocenters. The molecular weight excluding hydrogens is 384 g/mol. The van der Waals surface area contributed by atoms with Crippen molar-refractivity contribution in [1.82, 2.24) is 9.55 Å². The number of aryl methyl sites for hydroxylation is 1. The van der Waals surface area contributed by atoms with Gasteiger partial charge in [0.15, 0.2) is 5.03 Å². The van der Waals surface area contributed by atoms with E-state index < -0.39 is 15.8 Å². The third-order valence-electron chi connectivity index (χ3n) is 2.43. The second kappa shape index (κ2) is 5.45. The molecule has 2 aromatic rings. The van der Waals surface area contributed by atoms with Gasteiger partial charge in [-0.05, 0) is 47.7 Å². The van der Waals surface area contributed by atoms with E-state index in [1.54, 1.807) is 4.57 Å². The Morgan fingerprint density at radius 3 is 2.79 bits per heavy atom. The van der Waals surface area contributed by atoms with Crippen molar-refractivity contribution >= 4 is 38.3 Å². The molecule has 0 bridgehead atoms. The first-order chi connectivity index (χ1) is 8.92. The maximum Gasteiger partial charge on any atom is 0.280 e. The Bertz CT molecular complexity index is 700. The number of rotatable bonds is 4. The summed E-state index contributed by atoms with van der Waals surface area (Å²) in [6.07, 6.45) is 2.89. The standard InChI is InChI=1S/C11H11FIN3O2S/c1-2-16-6-11(14-7-16)19(17,18)15-10-4-3-8(12)5-9(10)13/h3-7,15H,2H2,1H3. The van der Waals surface area contributed by atoms with Gasteiger partial charge in [-0.25, -0.2) is 9.37 Å². The smallest absolute Gasteiger partial charge is 0.280 e. The third-order valence-corrected chi connectivity index (χ3v) is 4.57. The van der Waals surface area contributed by atoms with Crippen LogP contribution >= 0.6 is 22.6 Å². The predicted octanol–water partition coefficient (Wildman–Crippen LogP) is 2.45. The molecule has 5 nitrogen and oxygen atoms in total. The van der Waals surface area contributed by atoms with Crippen LogP contribution in [-0.2, 0) is 16.6 Å². The number of nitrogens with zero attached hydrogens (tertiary/aromatic N) is 2. The summed E-state index contributed by atoms with van der Waals surface area (Å²) in [6, 6.07) is 3.83. The zero-order valence-electron chi connectivity index (χ0n) is 9.97. The number of sulfonamides is 1. The largest absolute Gasteiger partial charge is 0.336 e. The van der Waals surface area contributed by atoms with E-state index in [4.69, 9.17) is 0 Å². The number of hydrogen-bond donors (Lipinski definition) is 1. The Morgan fingerprint density at radius 1 is 1.47 bits per heavy atom. The highest BCUT2D eigenvalue weighted by molar-refractivity contribution is 14.1. The number of imidazole rings is 1. The number of aromatic nitrogens is 2. The normalized spacial score (nSPS) is 11.5. The lowest BCUT2D eigenvalue weighted by Gasteiger charge is -2.07. The molecular formula is C11H11FIN3O2S. The van der Waals surface area contributed by atoms with Crippen molar-refractivity contribution < 1.29 is 12.8 Å². The van der Waals surface area contributed by atoms with Gasteiger partial charge < -0.3 is 4.57 Å². The maximum atomic E-state index is 13.0. The van der Waals surface area contributed by atoms with Crippen LogP contribution in [0.3, 0.4) is 0 Å². The van der Waals surface area contributed by atoms with Crippen LogP contribution in [0.1, 0.15) is 6.92 Å². The lowest BCUT2D eigenvalue weighted by Crippen LogP contribution is -2.14. The van der Waals surface area contributed by atoms with E-state index in [9.17, 15) is 12.8 Å². The summed E-state index contributed by atoms with van der Waals surface area (Å²) < 4.78 is 41.7. The molecule has 0 radical (unpaired) electrons. The maximum absolute atomic E-state index is 13.0. The van der Waals surface area contributed by atoms with Gasteiger partial charge in [-0.2, -0.15) is 8.42 Å². The molecule has 1 aromatic heterocycles. The zero-order chi connectivity index (χ0) is 14.0. The van der Waals surface area contributed by atoms with E-state index in [0.717, 1.165) is 0 Å². The number of anilines is 1. The van der Waals surface area contributed by atoms with Crippen molar-refractivity contribution in [2.24, 2.45) is 0 Å². The molecule has 0 spiro atoms. The first kappa shape index (κ1) is 14.3. The van der Waals surface area contributed by atoms with Crippen molar-refractivity contribution in [2.75, 3.05) is 4.72 Å². The summed E-state index contributed by atoms with van der Waals surface area (Å²) in [5.41, 5.74) is 0.327. The van der Waals surface area contributed by atoms with Gasteiger partial charge >= 0.3 is 0 Å². The number of hydrogen-bond acceptors (Lipinski definition) is 3. The third kappa shape index (κ3) is 3.24. The lowest BCUT2D eigenvalue weighted by atomic mass is 10.3. The van der Waals surface area contributed by atoms with Crippen LogP contribution < -0.4 is 4.72 Å². The second-order valence-electron chi connectivity index (χ2n) is 3.77. The van der Waals surface area contributed by atoms with Gasteiger partial charge in [-0.3, -0.25) is 4.72 Å². The molecule has 19 heavy (non-hydrogen) atoms. The second-order valence-corrected chi connectivity index (χ2v) is 6.56. The molecule has 2 rings (SSSR count). The van der Waals surface area contributed by atoms with Gasteiger partial charge in [0.1, 0.15) is 5.82 Å². The molecule has 1 heterocycles. The van der Waals surface area contributed by atoms with Crippen molar-refractivity contribution in [3.63, 3.8) is 0 Å². The Balaban J connectivity index is 2.30. The molecule has 0 saturated heterocycles. The van der Waals surface area contributed by atoms with Crippen LogP contribution in [0.2, 0.25) is 0 Å². The van der Waals surface area contributed by atoms with E-state index in [2.05, 4.69) is 9.71 Å². The summed E-state index contributed by atoms with van der Waals surface area (Å²) in [6.45, 7) is 2.52. The SMILES string of the molecule is CCn1cnc(S(=O)(=O)Nc2ccc(F)cc2I)c1.